The molecule has 2 aromatic carbocycles. The topological polar surface area (TPSA) is 97.0 Å². The standard InChI is InChI=1S/C18H16F2N4O3/c19-18(20)27-13-8-6-11(7-9-13)22-17(26)14-10-15(16(21)25)24(23-14)12-4-2-1-3-5-12/h1-9,15,18H,10H2,(H2,21,25)(H,22,26). The molecule has 1 atom stereocenters. The Morgan fingerprint density at radius 1 is 1.15 bits per heavy atom. The number of ether oxygens (including phenoxy) is 1. The van der Waals surface area contributed by atoms with Crippen molar-refractivity contribution in [3.63, 3.8) is 0 Å². The van der Waals surface area contributed by atoms with Gasteiger partial charge in [0.15, 0.2) is 0 Å². The zero-order valence-corrected chi connectivity index (χ0v) is 14.0. The maximum atomic E-state index is 12.5. The maximum absolute atomic E-state index is 12.5. The predicted octanol–water partition coefficient (Wildman–Crippen LogP) is 2.35. The first-order valence-electron chi connectivity index (χ1n) is 8.01. The maximum Gasteiger partial charge on any atom is 0.387 e. The van der Waals surface area contributed by atoms with Crippen LogP contribution < -0.4 is 20.8 Å². The molecule has 0 aromatic heterocycles. The lowest BCUT2D eigenvalue weighted by molar-refractivity contribution is -0.119. The quantitative estimate of drug-likeness (QED) is 0.811. The van der Waals surface area contributed by atoms with Gasteiger partial charge in [-0.2, -0.15) is 13.9 Å². The van der Waals surface area contributed by atoms with E-state index in [1.807, 2.05) is 6.07 Å². The fourth-order valence-corrected chi connectivity index (χ4v) is 2.61. The summed E-state index contributed by atoms with van der Waals surface area (Å²) < 4.78 is 28.6. The predicted molar refractivity (Wildman–Crippen MR) is 95.7 cm³/mol. The number of hydrogen-bond acceptors (Lipinski definition) is 5. The Morgan fingerprint density at radius 3 is 2.41 bits per heavy atom. The molecule has 1 heterocycles. The van der Waals surface area contributed by atoms with E-state index >= 15 is 0 Å². The summed E-state index contributed by atoms with van der Waals surface area (Å²) in [6.45, 7) is -2.92. The minimum Gasteiger partial charge on any atom is -0.435 e. The average molecular weight is 374 g/mol. The van der Waals surface area contributed by atoms with Crippen LogP contribution in [-0.2, 0) is 9.59 Å². The third kappa shape index (κ3) is 4.38. The van der Waals surface area contributed by atoms with E-state index in [0.29, 0.717) is 11.4 Å². The zero-order valence-electron chi connectivity index (χ0n) is 14.0. The van der Waals surface area contributed by atoms with E-state index in [1.54, 1.807) is 24.3 Å². The molecule has 1 unspecified atom stereocenters. The summed E-state index contributed by atoms with van der Waals surface area (Å²) in [5.74, 6) is -1.13. The number of carbonyl (C=O) groups excluding carboxylic acids is 2. The molecule has 0 fully saturated rings. The van der Waals surface area contributed by atoms with Crippen LogP contribution in [0.2, 0.25) is 0 Å². The molecule has 3 N–H and O–H groups in total. The van der Waals surface area contributed by atoms with Crippen molar-refractivity contribution < 1.29 is 23.1 Å². The Balaban J connectivity index is 1.73. The number of primary amides is 1. The summed E-state index contributed by atoms with van der Waals surface area (Å²) in [4.78, 5) is 24.2. The van der Waals surface area contributed by atoms with Crippen LogP contribution in [0.4, 0.5) is 20.2 Å². The van der Waals surface area contributed by atoms with Crippen molar-refractivity contribution in [3.8, 4) is 5.75 Å². The van der Waals surface area contributed by atoms with Crippen molar-refractivity contribution in [1.29, 1.82) is 0 Å². The number of alkyl halides is 2. The van der Waals surface area contributed by atoms with Crippen molar-refractivity contribution in [1.82, 2.24) is 0 Å². The van der Waals surface area contributed by atoms with Crippen molar-refractivity contribution in [2.75, 3.05) is 10.3 Å². The first-order chi connectivity index (χ1) is 12.9. The zero-order chi connectivity index (χ0) is 19.4. The Hall–Kier alpha value is -3.49. The summed E-state index contributed by atoms with van der Waals surface area (Å²) in [5.41, 5.74) is 6.58. The molecular weight excluding hydrogens is 358 g/mol. The van der Waals surface area contributed by atoms with Crippen LogP contribution in [-0.4, -0.2) is 30.2 Å². The van der Waals surface area contributed by atoms with E-state index in [0.717, 1.165) is 0 Å². The highest BCUT2D eigenvalue weighted by Gasteiger charge is 2.34. The van der Waals surface area contributed by atoms with Crippen molar-refractivity contribution in [3.05, 3.63) is 54.6 Å². The molecule has 0 radical (unpaired) electrons. The van der Waals surface area contributed by atoms with Crippen LogP contribution >= 0.6 is 0 Å². The van der Waals surface area contributed by atoms with Gasteiger partial charge in [-0.3, -0.25) is 14.6 Å². The molecule has 7 nitrogen and oxygen atoms in total. The first-order valence-corrected chi connectivity index (χ1v) is 8.01. The second kappa shape index (κ2) is 7.81. The number of nitrogens with two attached hydrogens (primary N) is 1. The number of benzene rings is 2. The highest BCUT2D eigenvalue weighted by Crippen LogP contribution is 2.25. The van der Waals surface area contributed by atoms with E-state index in [4.69, 9.17) is 5.73 Å². The number of hydrazone groups is 1. The summed E-state index contributed by atoms with van der Waals surface area (Å²) >= 11 is 0. The number of hydrogen-bond donors (Lipinski definition) is 2. The number of rotatable bonds is 6. The molecule has 0 aliphatic carbocycles. The number of nitrogens with one attached hydrogen (secondary N) is 1. The minimum absolute atomic E-state index is 0.0229. The number of anilines is 2. The van der Waals surface area contributed by atoms with E-state index < -0.39 is 24.5 Å². The fraction of sp³-hybridized carbons (Fsp3) is 0.167. The Morgan fingerprint density at radius 2 is 1.81 bits per heavy atom. The van der Waals surface area contributed by atoms with Gasteiger partial charge in [-0.25, -0.2) is 0 Å². The Labute approximate surface area is 153 Å². The van der Waals surface area contributed by atoms with Gasteiger partial charge in [-0.15, -0.1) is 0 Å². The normalized spacial score (nSPS) is 16.2. The van der Waals surface area contributed by atoms with Crippen LogP contribution in [0.1, 0.15) is 6.42 Å². The van der Waals surface area contributed by atoms with Crippen molar-refractivity contribution in [2.24, 2.45) is 10.8 Å². The van der Waals surface area contributed by atoms with Crippen molar-refractivity contribution in [2.45, 2.75) is 19.1 Å². The first kappa shape index (κ1) is 18.3. The smallest absolute Gasteiger partial charge is 0.387 e. The Kier molecular flexibility index (Phi) is 5.30. The third-order valence-electron chi connectivity index (χ3n) is 3.86. The van der Waals surface area contributed by atoms with Crippen LogP contribution in [0, 0.1) is 0 Å². The molecule has 1 aliphatic heterocycles. The molecule has 9 heteroatoms. The number of amides is 2. The van der Waals surface area contributed by atoms with Gasteiger partial charge in [0.1, 0.15) is 17.5 Å². The monoisotopic (exact) mass is 374 g/mol. The summed E-state index contributed by atoms with van der Waals surface area (Å²) in [5, 5.41) is 8.25. The van der Waals surface area contributed by atoms with Gasteiger partial charge in [0, 0.05) is 12.1 Å². The number of carbonyl (C=O) groups is 2. The van der Waals surface area contributed by atoms with E-state index in [1.165, 1.54) is 29.3 Å². The summed E-state index contributed by atoms with van der Waals surface area (Å²) in [6, 6.07) is 13.6. The highest BCUT2D eigenvalue weighted by atomic mass is 19.3. The molecule has 0 bridgehead atoms. The van der Waals surface area contributed by atoms with Gasteiger partial charge in [0.05, 0.1) is 5.69 Å². The fourth-order valence-electron chi connectivity index (χ4n) is 2.61. The van der Waals surface area contributed by atoms with Crippen LogP contribution in [0.15, 0.2) is 59.7 Å². The van der Waals surface area contributed by atoms with E-state index in [9.17, 15) is 18.4 Å². The third-order valence-corrected chi connectivity index (χ3v) is 3.86. The Bertz CT molecular complexity index is 857. The minimum atomic E-state index is -2.92. The lowest BCUT2D eigenvalue weighted by atomic mass is 10.1. The largest absolute Gasteiger partial charge is 0.435 e. The van der Waals surface area contributed by atoms with Crippen LogP contribution in [0.3, 0.4) is 0 Å². The molecule has 0 saturated heterocycles. The SMILES string of the molecule is NC(=O)C1CC(C(=O)Nc2ccc(OC(F)F)cc2)=NN1c1ccccc1. The van der Waals surface area contributed by atoms with Gasteiger partial charge in [-0.1, -0.05) is 18.2 Å². The van der Waals surface area contributed by atoms with E-state index in [2.05, 4.69) is 15.2 Å². The number of nitrogens with zero attached hydrogens (tertiary/aromatic N) is 2. The molecule has 0 saturated carbocycles. The van der Waals surface area contributed by atoms with Gasteiger partial charge in [0.25, 0.3) is 5.91 Å². The lowest BCUT2D eigenvalue weighted by Gasteiger charge is -2.20. The van der Waals surface area contributed by atoms with Gasteiger partial charge in [-0.05, 0) is 36.4 Å². The molecule has 1 aliphatic rings. The lowest BCUT2D eigenvalue weighted by Crippen LogP contribution is -2.39. The van der Waals surface area contributed by atoms with Gasteiger partial charge < -0.3 is 15.8 Å². The van der Waals surface area contributed by atoms with Gasteiger partial charge >= 0.3 is 6.61 Å². The van der Waals surface area contributed by atoms with Crippen LogP contribution in [0.5, 0.6) is 5.75 Å². The average Bonchev–Trinajstić information content (AvgIpc) is 3.09. The van der Waals surface area contributed by atoms with Crippen LogP contribution in [0.25, 0.3) is 0 Å². The summed E-state index contributed by atoms with van der Waals surface area (Å²) in [6.07, 6.45) is 0.0582. The summed E-state index contributed by atoms with van der Waals surface area (Å²) in [7, 11) is 0. The highest BCUT2D eigenvalue weighted by molar-refractivity contribution is 6.44. The molecule has 2 amide bonds. The molecule has 2 aromatic rings. The van der Waals surface area contributed by atoms with Gasteiger partial charge in [0.2, 0.25) is 5.91 Å². The number of para-hydroxylation sites is 1. The second-order valence-electron chi connectivity index (χ2n) is 5.71. The van der Waals surface area contributed by atoms with Crippen molar-refractivity contribution >= 4 is 28.9 Å². The molecule has 140 valence electrons. The molecule has 27 heavy (non-hydrogen) atoms. The number of halogens is 2. The second-order valence-corrected chi connectivity index (χ2v) is 5.71. The molecule has 3 rings (SSSR count). The van der Waals surface area contributed by atoms with E-state index in [-0.39, 0.29) is 17.9 Å². The molecule has 0 spiro atoms. The molecular formula is C18H16F2N4O3.